The smallest absolute Gasteiger partial charge is 0.278 e. The van der Waals surface area contributed by atoms with Crippen LogP contribution in [0.5, 0.6) is 5.75 Å². The molecule has 1 aliphatic heterocycles. The van der Waals surface area contributed by atoms with Gasteiger partial charge >= 0.3 is 0 Å². The number of hydrogen-bond donors (Lipinski definition) is 2. The SMILES string of the molecule is O=C(c1nn(-c2ccccc2)c(=O)cc1O)N1CCOC[C@@H](CO)C1. The first-order chi connectivity index (χ1) is 12.1. The maximum Gasteiger partial charge on any atom is 0.278 e. The second kappa shape index (κ2) is 7.45. The summed E-state index contributed by atoms with van der Waals surface area (Å²) < 4.78 is 6.44. The Kier molecular flexibility index (Phi) is 5.11. The summed E-state index contributed by atoms with van der Waals surface area (Å²) in [6.45, 7) is 1.21. The van der Waals surface area contributed by atoms with Gasteiger partial charge in [-0.05, 0) is 12.1 Å². The zero-order valence-electron chi connectivity index (χ0n) is 13.5. The van der Waals surface area contributed by atoms with Crippen LogP contribution in [0.15, 0.2) is 41.2 Å². The minimum Gasteiger partial charge on any atom is -0.505 e. The summed E-state index contributed by atoms with van der Waals surface area (Å²) >= 11 is 0. The molecular formula is C17H19N3O5. The van der Waals surface area contributed by atoms with Crippen LogP contribution in [0.4, 0.5) is 0 Å². The van der Waals surface area contributed by atoms with Crippen LogP contribution in [-0.2, 0) is 4.74 Å². The molecular weight excluding hydrogens is 326 g/mol. The van der Waals surface area contributed by atoms with Gasteiger partial charge in [0.2, 0.25) is 0 Å². The number of ether oxygens (including phenoxy) is 1. The van der Waals surface area contributed by atoms with E-state index >= 15 is 0 Å². The molecule has 0 spiro atoms. The monoisotopic (exact) mass is 345 g/mol. The van der Waals surface area contributed by atoms with Crippen LogP contribution in [-0.4, -0.2) is 63.7 Å². The van der Waals surface area contributed by atoms with Crippen molar-refractivity contribution >= 4 is 5.91 Å². The molecule has 1 aromatic heterocycles. The van der Waals surface area contributed by atoms with Gasteiger partial charge in [-0.3, -0.25) is 9.59 Å². The van der Waals surface area contributed by atoms with E-state index in [4.69, 9.17) is 4.74 Å². The van der Waals surface area contributed by atoms with Crippen molar-refractivity contribution in [3.63, 3.8) is 0 Å². The molecule has 2 N–H and O–H groups in total. The lowest BCUT2D eigenvalue weighted by atomic mass is 10.1. The molecule has 3 rings (SSSR count). The lowest BCUT2D eigenvalue weighted by Gasteiger charge is -2.22. The molecule has 8 heteroatoms. The standard InChI is InChI=1S/C17H19N3O5/c21-10-12-9-19(6-7-25-11-12)17(24)16-14(22)8-15(23)20(18-16)13-4-2-1-3-5-13/h1-5,8,12,21-22H,6-7,9-11H2/t12-/m1/s1. The fourth-order valence-corrected chi connectivity index (χ4v) is 2.68. The van der Waals surface area contributed by atoms with Crippen molar-refractivity contribution in [2.24, 2.45) is 5.92 Å². The molecule has 132 valence electrons. The van der Waals surface area contributed by atoms with Crippen LogP contribution in [0.3, 0.4) is 0 Å². The number of amides is 1. The van der Waals surface area contributed by atoms with Gasteiger partial charge in [0.25, 0.3) is 11.5 Å². The van der Waals surface area contributed by atoms with Gasteiger partial charge in [-0.25, -0.2) is 0 Å². The van der Waals surface area contributed by atoms with Crippen LogP contribution >= 0.6 is 0 Å². The predicted octanol–water partition coefficient (Wildman–Crippen LogP) is 0.0190. The topological polar surface area (TPSA) is 105 Å². The number of nitrogens with zero attached hydrogens (tertiary/aromatic N) is 3. The second-order valence-electron chi connectivity index (χ2n) is 5.84. The maximum absolute atomic E-state index is 12.8. The molecule has 8 nitrogen and oxygen atoms in total. The molecule has 0 radical (unpaired) electrons. The number of carbonyl (C=O) groups excluding carboxylic acids is 1. The second-order valence-corrected chi connectivity index (χ2v) is 5.84. The van der Waals surface area contributed by atoms with Crippen LogP contribution in [0.25, 0.3) is 5.69 Å². The molecule has 0 bridgehead atoms. The quantitative estimate of drug-likeness (QED) is 0.812. The third-order valence-electron chi connectivity index (χ3n) is 4.00. The fourth-order valence-electron chi connectivity index (χ4n) is 2.68. The van der Waals surface area contributed by atoms with E-state index in [1.165, 1.54) is 4.90 Å². The first-order valence-electron chi connectivity index (χ1n) is 7.97. The number of aromatic nitrogens is 2. The predicted molar refractivity (Wildman–Crippen MR) is 88.8 cm³/mol. The zero-order chi connectivity index (χ0) is 17.8. The average molecular weight is 345 g/mol. The van der Waals surface area contributed by atoms with E-state index in [1.54, 1.807) is 30.3 Å². The molecule has 1 amide bonds. The van der Waals surface area contributed by atoms with Crippen molar-refractivity contribution in [2.75, 3.05) is 32.9 Å². The largest absolute Gasteiger partial charge is 0.505 e. The van der Waals surface area contributed by atoms with Gasteiger partial charge in [-0.15, -0.1) is 0 Å². The first kappa shape index (κ1) is 17.1. The maximum atomic E-state index is 12.8. The molecule has 1 fully saturated rings. The Morgan fingerprint density at radius 1 is 1.32 bits per heavy atom. The van der Waals surface area contributed by atoms with E-state index in [9.17, 15) is 19.8 Å². The minimum atomic E-state index is -0.535. The summed E-state index contributed by atoms with van der Waals surface area (Å²) in [5.41, 5.74) is -0.247. The van der Waals surface area contributed by atoms with Gasteiger partial charge in [-0.2, -0.15) is 9.78 Å². The van der Waals surface area contributed by atoms with Crippen molar-refractivity contribution < 1.29 is 19.7 Å². The zero-order valence-corrected chi connectivity index (χ0v) is 13.5. The molecule has 2 heterocycles. The highest BCUT2D eigenvalue weighted by Crippen LogP contribution is 2.17. The molecule has 1 atom stereocenters. The number of hydrogen-bond acceptors (Lipinski definition) is 6. The van der Waals surface area contributed by atoms with E-state index in [0.29, 0.717) is 32.0 Å². The van der Waals surface area contributed by atoms with Crippen molar-refractivity contribution in [2.45, 2.75) is 0 Å². The van der Waals surface area contributed by atoms with E-state index in [1.807, 2.05) is 0 Å². The fraction of sp³-hybridized carbons (Fsp3) is 0.353. The Morgan fingerprint density at radius 3 is 2.80 bits per heavy atom. The summed E-state index contributed by atoms with van der Waals surface area (Å²) in [5, 5.41) is 23.5. The van der Waals surface area contributed by atoms with Crippen molar-refractivity contribution in [3.05, 3.63) is 52.4 Å². The Bertz CT molecular complexity index is 806. The molecule has 1 aromatic carbocycles. The first-order valence-corrected chi connectivity index (χ1v) is 7.97. The number of para-hydroxylation sites is 1. The highest BCUT2D eigenvalue weighted by molar-refractivity contribution is 5.94. The van der Waals surface area contributed by atoms with Gasteiger partial charge in [0.15, 0.2) is 11.4 Å². The van der Waals surface area contributed by atoms with E-state index < -0.39 is 17.2 Å². The molecule has 1 saturated heterocycles. The molecule has 1 aliphatic rings. The van der Waals surface area contributed by atoms with Crippen molar-refractivity contribution in [3.8, 4) is 11.4 Å². The molecule has 0 aliphatic carbocycles. The average Bonchev–Trinajstić information content (AvgIpc) is 2.88. The van der Waals surface area contributed by atoms with Crippen LogP contribution in [0.1, 0.15) is 10.5 Å². The lowest BCUT2D eigenvalue weighted by molar-refractivity contribution is 0.0716. The number of aliphatic hydroxyl groups excluding tert-OH is 1. The Hall–Kier alpha value is -2.71. The van der Waals surface area contributed by atoms with Crippen molar-refractivity contribution in [1.29, 1.82) is 0 Å². The molecule has 2 aromatic rings. The Labute approximate surface area is 143 Å². The Morgan fingerprint density at radius 2 is 2.08 bits per heavy atom. The van der Waals surface area contributed by atoms with Gasteiger partial charge in [0.1, 0.15) is 0 Å². The number of benzene rings is 1. The highest BCUT2D eigenvalue weighted by Gasteiger charge is 2.26. The number of rotatable bonds is 3. The summed E-state index contributed by atoms with van der Waals surface area (Å²) in [4.78, 5) is 26.4. The third kappa shape index (κ3) is 3.70. The molecule has 25 heavy (non-hydrogen) atoms. The summed E-state index contributed by atoms with van der Waals surface area (Å²) in [5.74, 6) is -1.17. The summed E-state index contributed by atoms with van der Waals surface area (Å²) in [6.07, 6.45) is 0. The van der Waals surface area contributed by atoms with E-state index in [-0.39, 0.29) is 18.2 Å². The van der Waals surface area contributed by atoms with Crippen LogP contribution in [0, 0.1) is 5.92 Å². The number of carbonyl (C=O) groups is 1. The van der Waals surface area contributed by atoms with Gasteiger partial charge < -0.3 is 19.8 Å². The highest BCUT2D eigenvalue weighted by atomic mass is 16.5. The van der Waals surface area contributed by atoms with Crippen LogP contribution < -0.4 is 5.56 Å². The van der Waals surface area contributed by atoms with E-state index in [0.717, 1.165) is 10.7 Å². The number of aliphatic hydroxyl groups is 1. The normalized spacial score (nSPS) is 18.0. The lowest BCUT2D eigenvalue weighted by Crippen LogP contribution is -2.38. The minimum absolute atomic E-state index is 0.104. The Balaban J connectivity index is 1.96. The van der Waals surface area contributed by atoms with Gasteiger partial charge in [0, 0.05) is 31.7 Å². The van der Waals surface area contributed by atoms with Crippen molar-refractivity contribution in [1.82, 2.24) is 14.7 Å². The summed E-state index contributed by atoms with van der Waals surface area (Å²) in [6, 6.07) is 9.63. The molecule has 0 saturated carbocycles. The molecule has 0 unspecified atom stereocenters. The number of aromatic hydroxyl groups is 1. The van der Waals surface area contributed by atoms with E-state index in [2.05, 4.69) is 5.10 Å². The van der Waals surface area contributed by atoms with Gasteiger partial charge in [-0.1, -0.05) is 18.2 Å². The third-order valence-corrected chi connectivity index (χ3v) is 4.00. The summed E-state index contributed by atoms with van der Waals surface area (Å²) in [7, 11) is 0. The van der Waals surface area contributed by atoms with Crippen LogP contribution in [0.2, 0.25) is 0 Å². The van der Waals surface area contributed by atoms with Gasteiger partial charge in [0.05, 0.1) is 18.9 Å².